The van der Waals surface area contributed by atoms with Gasteiger partial charge in [-0.2, -0.15) is 5.10 Å². The van der Waals surface area contributed by atoms with E-state index in [1.54, 1.807) is 66.7 Å². The topological polar surface area (TPSA) is 134 Å². The molecule has 0 fully saturated rings. The van der Waals surface area contributed by atoms with Crippen molar-refractivity contribution in [3.05, 3.63) is 95.6 Å². The van der Waals surface area contributed by atoms with E-state index in [1.165, 1.54) is 18.3 Å². The molecule has 0 bridgehead atoms. The van der Waals surface area contributed by atoms with Crippen LogP contribution in [0.15, 0.2) is 88.9 Å². The van der Waals surface area contributed by atoms with Crippen LogP contribution in [-0.4, -0.2) is 38.2 Å². The smallest absolute Gasteiger partial charge is 0.341 e. The summed E-state index contributed by atoms with van der Waals surface area (Å²) >= 11 is 0. The number of carbonyl (C=O) groups is 2. The molecule has 0 aliphatic carbocycles. The van der Waals surface area contributed by atoms with Crippen molar-refractivity contribution < 1.29 is 27.9 Å². The third-order valence-electron chi connectivity index (χ3n) is 4.87. The summed E-state index contributed by atoms with van der Waals surface area (Å²) in [4.78, 5) is 23.2. The molecule has 0 radical (unpaired) electrons. The van der Waals surface area contributed by atoms with Crippen LogP contribution < -0.4 is 14.9 Å². The fourth-order valence-corrected chi connectivity index (χ4v) is 4.32. The van der Waals surface area contributed by atoms with E-state index in [0.29, 0.717) is 16.9 Å². The third kappa shape index (κ3) is 8.05. The van der Waals surface area contributed by atoms with Gasteiger partial charge in [-0.25, -0.2) is 23.4 Å². The van der Waals surface area contributed by atoms with Crippen molar-refractivity contribution >= 4 is 28.1 Å². The monoisotopic (exact) mass is 495 g/mol. The van der Waals surface area contributed by atoms with E-state index in [0.717, 1.165) is 5.56 Å². The molecular formula is C25H25N3O6S. The molecule has 0 saturated heterocycles. The quantitative estimate of drug-likeness (QED) is 0.277. The van der Waals surface area contributed by atoms with Crippen LogP contribution in [0.4, 0.5) is 0 Å². The molecule has 1 atom stereocenters. The maximum Gasteiger partial charge on any atom is 0.341 e. The Hall–Kier alpha value is -4.02. The highest BCUT2D eigenvalue weighted by atomic mass is 32.2. The molecule has 10 heteroatoms. The van der Waals surface area contributed by atoms with E-state index in [4.69, 9.17) is 9.84 Å². The standard InChI is InChI=1S/C25H25N3O6S/c1-18-7-13-22(14-8-18)35(32,33)28-23(20-5-3-2-4-6-20)15-24(29)27-26-16-19-9-11-21(12-10-19)34-17-25(30)31/h2-14,16,23,28H,15,17H2,1H3,(H,27,29)(H,30,31)/b26-16-/t23-/m1/s1. The number of amides is 1. The number of rotatable bonds is 11. The number of hydrogen-bond donors (Lipinski definition) is 3. The van der Waals surface area contributed by atoms with Crippen molar-refractivity contribution in [3.8, 4) is 5.75 Å². The van der Waals surface area contributed by atoms with Gasteiger partial charge in [0.1, 0.15) is 5.75 Å². The molecule has 3 aromatic carbocycles. The molecule has 35 heavy (non-hydrogen) atoms. The van der Waals surface area contributed by atoms with Crippen molar-refractivity contribution in [3.63, 3.8) is 0 Å². The first kappa shape index (κ1) is 25.6. The lowest BCUT2D eigenvalue weighted by Gasteiger charge is -2.18. The summed E-state index contributed by atoms with van der Waals surface area (Å²) in [6.45, 7) is 1.42. The van der Waals surface area contributed by atoms with Gasteiger partial charge in [0.15, 0.2) is 6.61 Å². The molecule has 0 aliphatic heterocycles. The number of sulfonamides is 1. The van der Waals surface area contributed by atoms with E-state index < -0.39 is 34.5 Å². The number of aliphatic carboxylic acids is 1. The predicted molar refractivity (Wildman–Crippen MR) is 131 cm³/mol. The van der Waals surface area contributed by atoms with Gasteiger partial charge in [-0.15, -0.1) is 0 Å². The fraction of sp³-hybridized carbons (Fsp3) is 0.160. The lowest BCUT2D eigenvalue weighted by atomic mass is 10.0. The van der Waals surface area contributed by atoms with Crippen LogP contribution in [0.1, 0.15) is 29.2 Å². The Labute approximate surface area is 203 Å². The highest BCUT2D eigenvalue weighted by Gasteiger charge is 2.23. The second kappa shape index (κ2) is 11.9. The molecule has 0 spiro atoms. The zero-order valence-electron chi connectivity index (χ0n) is 18.9. The molecule has 182 valence electrons. The Kier molecular flexibility index (Phi) is 8.71. The lowest BCUT2D eigenvalue weighted by molar-refractivity contribution is -0.139. The van der Waals surface area contributed by atoms with Gasteiger partial charge in [0.05, 0.1) is 17.2 Å². The van der Waals surface area contributed by atoms with E-state index >= 15 is 0 Å². The Morgan fingerprint density at radius 3 is 2.29 bits per heavy atom. The predicted octanol–water partition coefficient (Wildman–Crippen LogP) is 3.02. The van der Waals surface area contributed by atoms with Crippen LogP contribution in [0.3, 0.4) is 0 Å². The molecule has 3 aromatic rings. The largest absolute Gasteiger partial charge is 0.482 e. The molecular weight excluding hydrogens is 470 g/mol. The maximum atomic E-state index is 12.9. The van der Waals surface area contributed by atoms with Crippen LogP contribution in [0.2, 0.25) is 0 Å². The van der Waals surface area contributed by atoms with E-state index in [-0.39, 0.29) is 11.3 Å². The number of benzene rings is 3. The minimum atomic E-state index is -3.86. The molecule has 3 N–H and O–H groups in total. The molecule has 3 rings (SSSR count). The van der Waals surface area contributed by atoms with Crippen molar-refractivity contribution in [2.45, 2.75) is 24.3 Å². The Morgan fingerprint density at radius 1 is 1.00 bits per heavy atom. The van der Waals surface area contributed by atoms with Gasteiger partial charge in [-0.05, 0) is 54.4 Å². The number of carboxylic acid groups (broad SMARTS) is 1. The number of nitrogens with one attached hydrogen (secondary N) is 2. The number of aryl methyl sites for hydroxylation is 1. The molecule has 0 heterocycles. The van der Waals surface area contributed by atoms with Crippen molar-refractivity contribution in [2.24, 2.45) is 5.10 Å². The van der Waals surface area contributed by atoms with Crippen molar-refractivity contribution in [1.82, 2.24) is 10.1 Å². The molecule has 9 nitrogen and oxygen atoms in total. The number of carbonyl (C=O) groups excluding carboxylic acids is 1. The van der Waals surface area contributed by atoms with Gasteiger partial charge >= 0.3 is 5.97 Å². The highest BCUT2D eigenvalue weighted by molar-refractivity contribution is 7.89. The van der Waals surface area contributed by atoms with Crippen molar-refractivity contribution in [2.75, 3.05) is 6.61 Å². The van der Waals surface area contributed by atoms with Gasteiger partial charge in [-0.1, -0.05) is 48.0 Å². The summed E-state index contributed by atoms with van der Waals surface area (Å²) < 4.78 is 33.5. The first-order valence-electron chi connectivity index (χ1n) is 10.6. The average Bonchev–Trinajstić information content (AvgIpc) is 2.84. The van der Waals surface area contributed by atoms with Gasteiger partial charge in [0.25, 0.3) is 0 Å². The third-order valence-corrected chi connectivity index (χ3v) is 6.35. The zero-order valence-corrected chi connectivity index (χ0v) is 19.7. The van der Waals surface area contributed by atoms with E-state index in [1.807, 2.05) is 6.92 Å². The SMILES string of the molecule is Cc1ccc(S(=O)(=O)N[C@H](CC(=O)N/N=C\c2ccc(OCC(=O)O)cc2)c2ccccc2)cc1. The summed E-state index contributed by atoms with van der Waals surface area (Å²) in [5, 5.41) is 12.6. The second-order valence-electron chi connectivity index (χ2n) is 7.65. The second-order valence-corrected chi connectivity index (χ2v) is 9.36. The first-order chi connectivity index (χ1) is 16.7. The van der Waals surface area contributed by atoms with Gasteiger partial charge in [0, 0.05) is 6.42 Å². The molecule has 0 unspecified atom stereocenters. The van der Waals surface area contributed by atoms with Crippen LogP contribution in [0.25, 0.3) is 0 Å². The fourth-order valence-electron chi connectivity index (χ4n) is 3.09. The average molecular weight is 496 g/mol. The molecule has 1 amide bonds. The van der Waals surface area contributed by atoms with Crippen molar-refractivity contribution in [1.29, 1.82) is 0 Å². The van der Waals surface area contributed by atoms with Gasteiger partial charge < -0.3 is 9.84 Å². The van der Waals surface area contributed by atoms with Gasteiger partial charge in [-0.3, -0.25) is 4.79 Å². The zero-order chi connectivity index (χ0) is 25.3. The number of hydrazone groups is 1. The minimum absolute atomic E-state index is 0.109. The minimum Gasteiger partial charge on any atom is -0.482 e. The van der Waals surface area contributed by atoms with E-state index in [2.05, 4.69) is 15.2 Å². The van der Waals surface area contributed by atoms with Crippen LogP contribution in [-0.2, 0) is 19.6 Å². The molecule has 0 saturated carbocycles. The lowest BCUT2D eigenvalue weighted by Crippen LogP contribution is -2.32. The van der Waals surface area contributed by atoms with Crippen LogP contribution in [0.5, 0.6) is 5.75 Å². The number of ether oxygens (including phenoxy) is 1. The summed E-state index contributed by atoms with van der Waals surface area (Å²) in [6.07, 6.45) is 1.24. The number of hydrogen-bond acceptors (Lipinski definition) is 6. The number of carboxylic acids is 1. The van der Waals surface area contributed by atoms with E-state index in [9.17, 15) is 18.0 Å². The normalized spacial score (nSPS) is 12.3. The van der Waals surface area contributed by atoms with Crippen LogP contribution in [0, 0.1) is 6.92 Å². The van der Waals surface area contributed by atoms with Gasteiger partial charge in [0.2, 0.25) is 15.9 Å². The Morgan fingerprint density at radius 2 is 1.66 bits per heavy atom. The Bertz CT molecular complexity index is 1280. The summed E-state index contributed by atoms with van der Waals surface area (Å²) in [5.41, 5.74) is 4.62. The summed E-state index contributed by atoms with van der Waals surface area (Å²) in [5.74, 6) is -1.17. The molecule has 0 aliphatic rings. The Balaban J connectivity index is 1.65. The first-order valence-corrected chi connectivity index (χ1v) is 12.1. The molecule has 0 aromatic heterocycles. The highest BCUT2D eigenvalue weighted by Crippen LogP contribution is 2.21. The maximum absolute atomic E-state index is 12.9. The summed E-state index contributed by atoms with van der Waals surface area (Å²) in [7, 11) is -3.86. The summed E-state index contributed by atoms with van der Waals surface area (Å²) in [6, 6.07) is 20.9. The number of nitrogens with zero attached hydrogens (tertiary/aromatic N) is 1. The van der Waals surface area contributed by atoms with Crippen LogP contribution >= 0.6 is 0 Å².